The highest BCUT2D eigenvalue weighted by Crippen LogP contribution is 2.46. The van der Waals surface area contributed by atoms with Crippen LogP contribution in [0.25, 0.3) is 54.6 Å². The van der Waals surface area contributed by atoms with Crippen LogP contribution < -0.4 is 14.7 Å². The van der Waals surface area contributed by atoms with Gasteiger partial charge in [-0.2, -0.15) is 0 Å². The Balaban J connectivity index is 1.00. The first-order valence-corrected chi connectivity index (χ1v) is 22.4. The SMILES string of the molecule is c1ccc(-c2ccc(N(c3ccccc3)c3cccc(N(c4ccccc4)c4cccc(N(c5ccccc5)c5ccc6c7ccccc7c7oc8ccccc8c7c6c5)c4)c3)cc2)cc1. The lowest BCUT2D eigenvalue weighted by Gasteiger charge is -2.31. The van der Waals surface area contributed by atoms with Crippen LogP contribution in [0, 0.1) is 0 Å². The number of nitrogens with zero attached hydrogens (tertiary/aromatic N) is 3. The van der Waals surface area contributed by atoms with Crippen LogP contribution in [0.5, 0.6) is 0 Å². The molecule has 4 nitrogen and oxygen atoms in total. The highest BCUT2D eigenvalue weighted by molar-refractivity contribution is 6.30. The van der Waals surface area contributed by atoms with Crippen molar-refractivity contribution in [2.75, 3.05) is 14.7 Å². The third-order valence-electron chi connectivity index (χ3n) is 12.6. The van der Waals surface area contributed by atoms with Crippen LogP contribution in [-0.4, -0.2) is 0 Å². The van der Waals surface area contributed by atoms with Gasteiger partial charge in [-0.15, -0.1) is 0 Å². The van der Waals surface area contributed by atoms with Crippen molar-refractivity contribution < 1.29 is 4.42 Å². The van der Waals surface area contributed by atoms with Crippen LogP contribution in [-0.2, 0) is 0 Å². The highest BCUT2D eigenvalue weighted by atomic mass is 16.3. The average Bonchev–Trinajstić information content (AvgIpc) is 3.79. The number of fused-ring (bicyclic) bond motifs is 8. The number of hydrogen-bond acceptors (Lipinski definition) is 4. The number of rotatable bonds is 10. The van der Waals surface area contributed by atoms with Gasteiger partial charge in [0.1, 0.15) is 11.2 Å². The van der Waals surface area contributed by atoms with Gasteiger partial charge in [-0.25, -0.2) is 0 Å². The fraction of sp³-hybridized carbons (Fsp3) is 0. The zero-order chi connectivity index (χ0) is 43.8. The van der Waals surface area contributed by atoms with Gasteiger partial charge < -0.3 is 19.1 Å². The molecule has 11 aromatic carbocycles. The number of benzene rings is 11. The molecular weight excluding hydrogens is 803 g/mol. The van der Waals surface area contributed by atoms with Crippen molar-refractivity contribution in [2.24, 2.45) is 0 Å². The van der Waals surface area contributed by atoms with Gasteiger partial charge >= 0.3 is 0 Å². The molecule has 12 aromatic rings. The van der Waals surface area contributed by atoms with E-state index in [0.29, 0.717) is 0 Å². The lowest BCUT2D eigenvalue weighted by molar-refractivity contribution is 0.673. The van der Waals surface area contributed by atoms with Gasteiger partial charge in [0.05, 0.1) is 0 Å². The predicted octanol–water partition coefficient (Wildman–Crippen LogP) is 18.0. The molecule has 0 aliphatic rings. The molecule has 0 saturated carbocycles. The highest BCUT2D eigenvalue weighted by Gasteiger charge is 2.22. The summed E-state index contributed by atoms with van der Waals surface area (Å²) in [4.78, 5) is 7.05. The van der Waals surface area contributed by atoms with E-state index in [9.17, 15) is 0 Å². The van der Waals surface area contributed by atoms with Gasteiger partial charge in [-0.3, -0.25) is 0 Å². The van der Waals surface area contributed by atoms with Crippen molar-refractivity contribution in [2.45, 2.75) is 0 Å². The Bertz CT molecular complexity index is 3650. The lowest BCUT2D eigenvalue weighted by Crippen LogP contribution is -2.14. The normalized spacial score (nSPS) is 11.3. The van der Waals surface area contributed by atoms with E-state index in [0.717, 1.165) is 83.9 Å². The molecule has 0 aliphatic heterocycles. The van der Waals surface area contributed by atoms with Gasteiger partial charge in [0.2, 0.25) is 0 Å². The zero-order valence-electron chi connectivity index (χ0n) is 36.1. The van der Waals surface area contributed by atoms with Crippen LogP contribution in [0.2, 0.25) is 0 Å². The average molecular weight is 846 g/mol. The monoisotopic (exact) mass is 845 g/mol. The van der Waals surface area contributed by atoms with Crippen molar-refractivity contribution in [3.05, 3.63) is 261 Å². The molecule has 1 heterocycles. The van der Waals surface area contributed by atoms with Crippen molar-refractivity contribution >= 4 is 94.7 Å². The first-order chi connectivity index (χ1) is 32.7. The first kappa shape index (κ1) is 38.8. The summed E-state index contributed by atoms with van der Waals surface area (Å²) in [6.45, 7) is 0. The molecule has 312 valence electrons. The van der Waals surface area contributed by atoms with Crippen molar-refractivity contribution in [3.8, 4) is 11.1 Å². The van der Waals surface area contributed by atoms with E-state index in [1.54, 1.807) is 0 Å². The van der Waals surface area contributed by atoms with Gasteiger partial charge in [0.25, 0.3) is 0 Å². The summed E-state index contributed by atoms with van der Waals surface area (Å²) in [5, 5.41) is 6.90. The van der Waals surface area contributed by atoms with Gasteiger partial charge in [-0.1, -0.05) is 158 Å². The molecule has 0 unspecified atom stereocenters. The molecule has 0 atom stereocenters. The number of furan rings is 1. The zero-order valence-corrected chi connectivity index (χ0v) is 36.1. The van der Waals surface area contributed by atoms with Crippen LogP contribution >= 0.6 is 0 Å². The Morgan fingerprint density at radius 1 is 0.227 bits per heavy atom. The minimum Gasteiger partial charge on any atom is -0.455 e. The van der Waals surface area contributed by atoms with E-state index in [1.165, 1.54) is 21.9 Å². The maximum atomic E-state index is 6.64. The van der Waals surface area contributed by atoms with Gasteiger partial charge in [-0.05, 0) is 130 Å². The van der Waals surface area contributed by atoms with Gasteiger partial charge in [0, 0.05) is 67.3 Å². The Labute approximate surface area is 384 Å². The van der Waals surface area contributed by atoms with Crippen LogP contribution in [0.3, 0.4) is 0 Å². The second-order valence-electron chi connectivity index (χ2n) is 16.5. The van der Waals surface area contributed by atoms with E-state index in [4.69, 9.17) is 4.42 Å². The maximum Gasteiger partial charge on any atom is 0.143 e. The maximum absolute atomic E-state index is 6.64. The van der Waals surface area contributed by atoms with Crippen molar-refractivity contribution in [1.29, 1.82) is 0 Å². The third kappa shape index (κ3) is 6.98. The minimum atomic E-state index is 0.890. The number of anilines is 9. The van der Waals surface area contributed by atoms with E-state index < -0.39 is 0 Å². The molecule has 12 rings (SSSR count). The number of para-hydroxylation sites is 4. The standard InChI is InChI=1S/C62H43N3O/c1-5-19-44(20-6-1)45-35-37-49(38-36-45)63(46-21-7-2-8-22-46)50-27-17-28-51(41-50)64(47-23-9-3-10-24-47)52-29-18-30-53(42-52)65(48-25-11-4-12-26-48)54-39-40-56-55-31-13-14-32-57(55)62-61(59(56)43-54)58-33-15-16-34-60(58)66-62/h1-43H. The summed E-state index contributed by atoms with van der Waals surface area (Å²) in [6, 6.07) is 92.9. The van der Waals surface area contributed by atoms with E-state index >= 15 is 0 Å². The Hall–Kier alpha value is -8.86. The van der Waals surface area contributed by atoms with Crippen molar-refractivity contribution in [3.63, 3.8) is 0 Å². The summed E-state index contributed by atoms with van der Waals surface area (Å²) in [7, 11) is 0. The molecule has 0 saturated heterocycles. The fourth-order valence-electron chi connectivity index (χ4n) is 9.58. The molecule has 0 spiro atoms. The molecule has 0 fully saturated rings. The Kier molecular flexibility index (Phi) is 9.81. The molecule has 0 amide bonds. The quantitative estimate of drug-likeness (QED) is 0.128. The predicted molar refractivity (Wildman–Crippen MR) is 278 cm³/mol. The van der Waals surface area contributed by atoms with Crippen LogP contribution in [0.1, 0.15) is 0 Å². The van der Waals surface area contributed by atoms with Crippen LogP contribution in [0.4, 0.5) is 51.2 Å². The second-order valence-corrected chi connectivity index (χ2v) is 16.5. The molecule has 0 N–H and O–H groups in total. The summed E-state index contributed by atoms with van der Waals surface area (Å²) in [5.74, 6) is 0. The second kappa shape index (κ2) is 16.7. The third-order valence-corrected chi connectivity index (χ3v) is 12.6. The number of hydrogen-bond donors (Lipinski definition) is 0. The Morgan fingerprint density at radius 2 is 0.591 bits per heavy atom. The molecular formula is C62H43N3O. The lowest BCUT2D eigenvalue weighted by atomic mass is 9.96. The topological polar surface area (TPSA) is 22.9 Å². The van der Waals surface area contributed by atoms with E-state index in [-0.39, 0.29) is 0 Å². The minimum absolute atomic E-state index is 0.890. The van der Waals surface area contributed by atoms with Gasteiger partial charge in [0.15, 0.2) is 0 Å². The summed E-state index contributed by atoms with van der Waals surface area (Å²) in [6.07, 6.45) is 0. The molecule has 66 heavy (non-hydrogen) atoms. The smallest absolute Gasteiger partial charge is 0.143 e. The molecule has 0 aliphatic carbocycles. The molecule has 1 aromatic heterocycles. The molecule has 0 radical (unpaired) electrons. The summed E-state index contributed by atoms with van der Waals surface area (Å²) in [5.41, 5.74) is 13.7. The van der Waals surface area contributed by atoms with Crippen LogP contribution in [0.15, 0.2) is 265 Å². The van der Waals surface area contributed by atoms with E-state index in [1.807, 2.05) is 6.07 Å². The largest absolute Gasteiger partial charge is 0.455 e. The first-order valence-electron chi connectivity index (χ1n) is 22.4. The Morgan fingerprint density at radius 3 is 1.14 bits per heavy atom. The molecule has 0 bridgehead atoms. The van der Waals surface area contributed by atoms with E-state index in [2.05, 4.69) is 269 Å². The molecule has 4 heteroatoms. The summed E-state index contributed by atoms with van der Waals surface area (Å²) >= 11 is 0. The van der Waals surface area contributed by atoms with Crippen molar-refractivity contribution in [1.82, 2.24) is 0 Å². The summed E-state index contributed by atoms with van der Waals surface area (Å²) < 4.78 is 6.64. The fourth-order valence-corrected chi connectivity index (χ4v) is 9.58.